The Bertz CT molecular complexity index is 1710. The van der Waals surface area contributed by atoms with E-state index in [1.807, 2.05) is 38.1 Å². The zero-order valence-electron chi connectivity index (χ0n) is 28.1. The lowest BCUT2D eigenvalue weighted by molar-refractivity contribution is -0.383. The standard InChI is InChI=1S/C35H42N6O9/c1-3-35(4-2,38-34(43)49-23-28-26-11-7-5-9-24(26)25-10-6-8-12-27(25)28)33(42)37-16-18-47-20-22-48-21-19-46-17-15-36-29-13-14-30(41(44)45)32-31(29)39-50-40-32/h5-14,28,36H,3-4,15-23H2,1-2H3,(H,37,42)(H,38,43). The van der Waals surface area contributed by atoms with Gasteiger partial charge in [-0.15, -0.1) is 0 Å². The molecule has 1 aliphatic rings. The zero-order valence-corrected chi connectivity index (χ0v) is 28.1. The molecule has 0 saturated carbocycles. The number of anilines is 1. The molecule has 5 rings (SSSR count). The minimum atomic E-state index is -1.11. The molecule has 0 saturated heterocycles. The molecule has 0 bridgehead atoms. The van der Waals surface area contributed by atoms with Gasteiger partial charge in [0.15, 0.2) is 5.52 Å². The summed E-state index contributed by atoms with van der Waals surface area (Å²) in [7, 11) is 0. The van der Waals surface area contributed by atoms with Gasteiger partial charge in [0.2, 0.25) is 11.4 Å². The normalized spacial score (nSPS) is 12.4. The summed E-state index contributed by atoms with van der Waals surface area (Å²) in [4.78, 5) is 36.7. The van der Waals surface area contributed by atoms with Crippen LogP contribution in [0.15, 0.2) is 65.3 Å². The maximum atomic E-state index is 13.2. The number of benzene rings is 3. The Labute approximate surface area is 289 Å². The van der Waals surface area contributed by atoms with Crippen LogP contribution in [0.2, 0.25) is 0 Å². The van der Waals surface area contributed by atoms with Crippen molar-refractivity contribution < 1.29 is 38.1 Å². The highest BCUT2D eigenvalue weighted by molar-refractivity contribution is 5.93. The van der Waals surface area contributed by atoms with Crippen molar-refractivity contribution in [2.24, 2.45) is 0 Å². The van der Waals surface area contributed by atoms with Gasteiger partial charge in [-0.2, -0.15) is 0 Å². The Morgan fingerprint density at radius 3 is 2.02 bits per heavy atom. The Kier molecular flexibility index (Phi) is 12.7. The second-order valence-electron chi connectivity index (χ2n) is 11.6. The molecular weight excluding hydrogens is 648 g/mol. The fraction of sp³-hybridized carbons (Fsp3) is 0.429. The van der Waals surface area contributed by atoms with Crippen molar-refractivity contribution in [2.75, 3.05) is 64.7 Å². The van der Waals surface area contributed by atoms with Crippen molar-refractivity contribution >= 4 is 34.4 Å². The summed E-state index contributed by atoms with van der Waals surface area (Å²) >= 11 is 0. The van der Waals surface area contributed by atoms with Crippen molar-refractivity contribution in [3.8, 4) is 11.1 Å². The predicted octanol–water partition coefficient (Wildman–Crippen LogP) is 4.81. The SMILES string of the molecule is CCC(CC)(NC(=O)OCC1c2ccccc2-c2ccccc21)C(=O)NCCOCCOCCOCCNc1ccc([N+](=O)[O-])c2nonc12. The highest BCUT2D eigenvalue weighted by Crippen LogP contribution is 2.44. The zero-order chi connectivity index (χ0) is 35.3. The Morgan fingerprint density at radius 1 is 0.820 bits per heavy atom. The Morgan fingerprint density at radius 2 is 1.40 bits per heavy atom. The largest absolute Gasteiger partial charge is 0.449 e. The van der Waals surface area contributed by atoms with E-state index in [9.17, 15) is 19.7 Å². The number of aromatic nitrogens is 2. The third-order valence-electron chi connectivity index (χ3n) is 8.76. The van der Waals surface area contributed by atoms with Crippen LogP contribution in [0.25, 0.3) is 22.2 Å². The van der Waals surface area contributed by atoms with E-state index in [0.717, 1.165) is 22.3 Å². The first-order chi connectivity index (χ1) is 24.4. The van der Waals surface area contributed by atoms with E-state index in [1.54, 1.807) is 6.07 Å². The number of ether oxygens (including phenoxy) is 4. The molecule has 1 aromatic heterocycles. The van der Waals surface area contributed by atoms with Crippen LogP contribution in [0.3, 0.4) is 0 Å². The van der Waals surface area contributed by atoms with Crippen LogP contribution in [-0.4, -0.2) is 92.1 Å². The van der Waals surface area contributed by atoms with Gasteiger partial charge in [-0.25, -0.2) is 9.42 Å². The monoisotopic (exact) mass is 690 g/mol. The van der Waals surface area contributed by atoms with E-state index in [2.05, 4.69) is 55.2 Å². The molecule has 1 heterocycles. The third-order valence-corrected chi connectivity index (χ3v) is 8.76. The number of rotatable bonds is 20. The average Bonchev–Trinajstić information content (AvgIpc) is 3.75. The quantitative estimate of drug-likeness (QED) is 0.0653. The molecule has 0 atom stereocenters. The Hall–Kier alpha value is -5.12. The molecule has 0 unspecified atom stereocenters. The number of hydrogen-bond donors (Lipinski definition) is 3. The first kappa shape index (κ1) is 36.2. The maximum Gasteiger partial charge on any atom is 0.408 e. The molecule has 0 fully saturated rings. The van der Waals surface area contributed by atoms with Gasteiger partial charge in [-0.3, -0.25) is 14.9 Å². The van der Waals surface area contributed by atoms with E-state index in [-0.39, 0.29) is 48.3 Å². The molecule has 1 aliphatic carbocycles. The molecule has 3 aromatic carbocycles. The smallest absolute Gasteiger partial charge is 0.408 e. The molecule has 15 nitrogen and oxygen atoms in total. The molecule has 4 aromatic rings. The lowest BCUT2D eigenvalue weighted by Crippen LogP contribution is -2.58. The molecule has 0 spiro atoms. The van der Waals surface area contributed by atoms with E-state index >= 15 is 0 Å². The van der Waals surface area contributed by atoms with E-state index in [1.165, 1.54) is 6.07 Å². The number of carbonyl (C=O) groups excluding carboxylic acids is 2. The van der Waals surface area contributed by atoms with Crippen molar-refractivity contribution in [2.45, 2.75) is 38.1 Å². The number of nitrogens with zero attached hydrogens (tertiary/aromatic N) is 3. The maximum absolute atomic E-state index is 13.2. The van der Waals surface area contributed by atoms with Crippen LogP contribution >= 0.6 is 0 Å². The van der Waals surface area contributed by atoms with Gasteiger partial charge >= 0.3 is 11.8 Å². The van der Waals surface area contributed by atoms with Crippen molar-refractivity contribution in [1.29, 1.82) is 0 Å². The van der Waals surface area contributed by atoms with Crippen molar-refractivity contribution in [3.05, 3.63) is 81.9 Å². The number of nitro groups is 1. The van der Waals surface area contributed by atoms with Crippen molar-refractivity contribution in [1.82, 2.24) is 20.9 Å². The van der Waals surface area contributed by atoms with E-state index < -0.39 is 16.6 Å². The summed E-state index contributed by atoms with van der Waals surface area (Å²) in [6.45, 7) is 6.66. The third kappa shape index (κ3) is 8.53. The van der Waals surface area contributed by atoms with Crippen LogP contribution in [0.5, 0.6) is 0 Å². The van der Waals surface area contributed by atoms with Crippen LogP contribution in [0.4, 0.5) is 16.2 Å². The Balaban J connectivity index is 0.924. The van der Waals surface area contributed by atoms with E-state index in [4.69, 9.17) is 18.9 Å². The predicted molar refractivity (Wildman–Crippen MR) is 184 cm³/mol. The van der Waals surface area contributed by atoms with Gasteiger partial charge in [0.1, 0.15) is 12.1 Å². The van der Waals surface area contributed by atoms with Gasteiger partial charge in [-0.05, 0) is 51.5 Å². The molecule has 50 heavy (non-hydrogen) atoms. The fourth-order valence-electron chi connectivity index (χ4n) is 5.98. The summed E-state index contributed by atoms with van der Waals surface area (Å²) in [5.41, 5.74) is 4.17. The highest BCUT2D eigenvalue weighted by atomic mass is 16.6. The number of hydrogen-bond acceptors (Lipinski definition) is 12. The summed E-state index contributed by atoms with van der Waals surface area (Å²) in [6.07, 6.45) is 0.160. The first-order valence-corrected chi connectivity index (χ1v) is 16.7. The molecule has 15 heteroatoms. The number of non-ortho nitro benzene ring substituents is 1. The first-order valence-electron chi connectivity index (χ1n) is 16.7. The van der Waals surface area contributed by atoms with Crippen LogP contribution in [0, 0.1) is 10.1 Å². The average molecular weight is 691 g/mol. The fourth-order valence-corrected chi connectivity index (χ4v) is 5.98. The number of nitro benzene ring substituents is 1. The van der Waals surface area contributed by atoms with Gasteiger partial charge in [-0.1, -0.05) is 62.4 Å². The highest BCUT2D eigenvalue weighted by Gasteiger charge is 2.37. The molecule has 0 radical (unpaired) electrons. The number of amides is 2. The topological polar surface area (TPSA) is 189 Å². The second kappa shape index (κ2) is 17.5. The summed E-state index contributed by atoms with van der Waals surface area (Å²) in [5, 5.41) is 27.3. The lowest BCUT2D eigenvalue weighted by Gasteiger charge is -2.31. The molecule has 3 N–H and O–H groups in total. The molecular formula is C35H42N6O9. The van der Waals surface area contributed by atoms with E-state index in [0.29, 0.717) is 58.1 Å². The van der Waals surface area contributed by atoms with Crippen LogP contribution < -0.4 is 16.0 Å². The summed E-state index contributed by atoms with van der Waals surface area (Å²) in [6, 6.07) is 19.2. The minimum Gasteiger partial charge on any atom is -0.449 e. The number of nitrogens with one attached hydrogen (secondary N) is 3. The summed E-state index contributed by atoms with van der Waals surface area (Å²) < 4.78 is 27.0. The number of alkyl carbamates (subject to hydrolysis) is 1. The number of carbonyl (C=O) groups is 2. The summed E-state index contributed by atoms with van der Waals surface area (Å²) in [5.74, 6) is -0.365. The van der Waals surface area contributed by atoms with Gasteiger partial charge < -0.3 is 34.9 Å². The van der Waals surface area contributed by atoms with Crippen molar-refractivity contribution in [3.63, 3.8) is 0 Å². The second-order valence-corrected chi connectivity index (χ2v) is 11.6. The molecule has 2 amide bonds. The lowest BCUT2D eigenvalue weighted by atomic mass is 9.92. The van der Waals surface area contributed by atoms with Gasteiger partial charge in [0.05, 0.1) is 50.3 Å². The number of fused-ring (bicyclic) bond motifs is 4. The van der Waals surface area contributed by atoms with Crippen LogP contribution in [0.1, 0.15) is 43.7 Å². The molecule has 266 valence electrons. The van der Waals surface area contributed by atoms with Crippen LogP contribution in [-0.2, 0) is 23.7 Å². The van der Waals surface area contributed by atoms with Gasteiger partial charge in [0.25, 0.3) is 0 Å². The van der Waals surface area contributed by atoms with Gasteiger partial charge in [0, 0.05) is 25.1 Å². The minimum absolute atomic E-state index is 0.0716. The molecule has 0 aliphatic heterocycles.